The number of aromatic nitrogens is 2. The average Bonchev–Trinajstić information content (AvgIpc) is 3.38. The quantitative estimate of drug-likeness (QED) is 0.184. The molecule has 7 heteroatoms. The van der Waals surface area contributed by atoms with Gasteiger partial charge in [-0.1, -0.05) is 36.4 Å². The first kappa shape index (κ1) is 20.0. The molecule has 3 N–H and O–H groups in total. The second-order valence-corrected chi connectivity index (χ2v) is 7.80. The summed E-state index contributed by atoms with van der Waals surface area (Å²) in [7, 11) is 1.95. The van der Waals surface area contributed by atoms with Gasteiger partial charge in [-0.2, -0.15) is 0 Å². The van der Waals surface area contributed by atoms with E-state index < -0.39 is 0 Å². The Morgan fingerprint density at radius 2 is 1.58 bits per heavy atom. The van der Waals surface area contributed by atoms with E-state index in [9.17, 15) is 9.59 Å². The van der Waals surface area contributed by atoms with Crippen molar-refractivity contribution in [1.82, 2.24) is 20.2 Å². The molecule has 0 radical (unpaired) electrons. The van der Waals surface area contributed by atoms with Crippen LogP contribution in [0.25, 0.3) is 43.6 Å². The SMILES string of the molecule is CNCCCn1c2ccccc2c2c3c(c4c5ccccc5[nH]c4c21)C(=O)NC3=O.I. The van der Waals surface area contributed by atoms with Crippen molar-refractivity contribution in [3.63, 3.8) is 0 Å². The summed E-state index contributed by atoms with van der Waals surface area (Å²) in [5.74, 6) is -0.635. The fourth-order valence-electron chi connectivity index (χ4n) is 4.97. The average molecular weight is 524 g/mol. The predicted molar refractivity (Wildman–Crippen MR) is 135 cm³/mol. The lowest BCUT2D eigenvalue weighted by Gasteiger charge is -2.09. The minimum absolute atomic E-state index is 0. The van der Waals surface area contributed by atoms with Gasteiger partial charge in [0.05, 0.1) is 22.2 Å². The number of nitrogens with zero attached hydrogens (tertiary/aromatic N) is 1. The zero-order chi connectivity index (χ0) is 20.4. The Kier molecular flexibility index (Phi) is 4.75. The second kappa shape index (κ2) is 7.35. The molecule has 2 amide bonds. The number of hydrogen-bond donors (Lipinski definition) is 3. The fourth-order valence-corrected chi connectivity index (χ4v) is 4.97. The van der Waals surface area contributed by atoms with Crippen molar-refractivity contribution in [2.24, 2.45) is 0 Å². The summed E-state index contributed by atoms with van der Waals surface area (Å²) >= 11 is 0. The third-order valence-corrected chi connectivity index (χ3v) is 6.15. The molecule has 0 fully saturated rings. The summed E-state index contributed by atoms with van der Waals surface area (Å²) in [6, 6.07) is 16.1. The largest absolute Gasteiger partial charge is 0.353 e. The highest BCUT2D eigenvalue weighted by Crippen LogP contribution is 2.43. The zero-order valence-electron chi connectivity index (χ0n) is 16.9. The molecule has 2 aromatic heterocycles. The minimum atomic E-state index is -0.321. The molecule has 0 atom stereocenters. The van der Waals surface area contributed by atoms with Gasteiger partial charge < -0.3 is 14.9 Å². The number of para-hydroxylation sites is 2. The van der Waals surface area contributed by atoms with Crippen molar-refractivity contribution in [1.29, 1.82) is 0 Å². The van der Waals surface area contributed by atoms with E-state index >= 15 is 0 Å². The maximum Gasteiger partial charge on any atom is 0.259 e. The van der Waals surface area contributed by atoms with E-state index in [4.69, 9.17) is 0 Å². The van der Waals surface area contributed by atoms with Gasteiger partial charge in [0, 0.05) is 39.1 Å². The van der Waals surface area contributed by atoms with Gasteiger partial charge >= 0.3 is 0 Å². The molecule has 0 spiro atoms. The maximum absolute atomic E-state index is 12.9. The summed E-state index contributed by atoms with van der Waals surface area (Å²) in [6.07, 6.45) is 0.953. The third kappa shape index (κ3) is 2.66. The lowest BCUT2D eigenvalue weighted by atomic mass is 9.97. The van der Waals surface area contributed by atoms with Gasteiger partial charge in [0.2, 0.25) is 0 Å². The van der Waals surface area contributed by atoms with E-state index in [1.807, 2.05) is 49.5 Å². The molecule has 156 valence electrons. The summed E-state index contributed by atoms with van der Waals surface area (Å²) < 4.78 is 2.29. The first-order valence-electron chi connectivity index (χ1n) is 10.2. The molecule has 0 bridgehead atoms. The number of imide groups is 1. The molecule has 3 heterocycles. The molecule has 6 rings (SSSR count). The molecule has 3 aromatic carbocycles. The van der Waals surface area contributed by atoms with Gasteiger partial charge in [0.15, 0.2) is 0 Å². The molecular weight excluding hydrogens is 503 g/mol. The van der Waals surface area contributed by atoms with Gasteiger partial charge in [-0.25, -0.2) is 0 Å². The number of nitrogens with one attached hydrogen (secondary N) is 3. The molecular formula is C24H21IN4O2. The number of aryl methyl sites for hydroxylation is 1. The van der Waals surface area contributed by atoms with Gasteiger partial charge in [-0.05, 0) is 32.1 Å². The Labute approximate surface area is 195 Å². The molecule has 6 nitrogen and oxygen atoms in total. The van der Waals surface area contributed by atoms with Crippen molar-refractivity contribution in [3.05, 3.63) is 59.7 Å². The number of aromatic amines is 1. The Morgan fingerprint density at radius 1 is 0.903 bits per heavy atom. The van der Waals surface area contributed by atoms with Crippen molar-refractivity contribution in [3.8, 4) is 0 Å². The molecule has 0 saturated heterocycles. The van der Waals surface area contributed by atoms with Crippen molar-refractivity contribution in [2.45, 2.75) is 13.0 Å². The van der Waals surface area contributed by atoms with Gasteiger partial charge in [0.1, 0.15) is 0 Å². The van der Waals surface area contributed by atoms with Crippen LogP contribution in [0, 0.1) is 0 Å². The monoisotopic (exact) mass is 524 g/mol. The first-order valence-corrected chi connectivity index (χ1v) is 10.2. The predicted octanol–water partition coefficient (Wildman–Crippen LogP) is 4.54. The van der Waals surface area contributed by atoms with Gasteiger partial charge in [0.25, 0.3) is 11.8 Å². The number of amides is 2. The number of benzene rings is 3. The first-order chi connectivity index (χ1) is 14.7. The number of carbonyl (C=O) groups is 2. The molecule has 0 saturated carbocycles. The molecule has 5 aromatic rings. The molecule has 0 aliphatic carbocycles. The van der Waals surface area contributed by atoms with Crippen molar-refractivity contribution < 1.29 is 9.59 Å². The number of H-pyrrole nitrogens is 1. The Hall–Kier alpha value is -2.91. The lowest BCUT2D eigenvalue weighted by Crippen LogP contribution is -2.20. The van der Waals surface area contributed by atoms with Gasteiger partial charge in [-0.3, -0.25) is 14.9 Å². The van der Waals surface area contributed by atoms with Crippen LogP contribution in [0.4, 0.5) is 0 Å². The van der Waals surface area contributed by atoms with E-state index in [2.05, 4.69) is 26.3 Å². The van der Waals surface area contributed by atoms with Crippen LogP contribution in [0.3, 0.4) is 0 Å². The number of carbonyl (C=O) groups excluding carboxylic acids is 2. The van der Waals surface area contributed by atoms with E-state index in [1.165, 1.54) is 0 Å². The zero-order valence-corrected chi connectivity index (χ0v) is 19.2. The van der Waals surface area contributed by atoms with E-state index in [0.717, 1.165) is 63.1 Å². The fraction of sp³-hybridized carbons (Fsp3) is 0.167. The summed E-state index contributed by atoms with van der Waals surface area (Å²) in [5, 5.41) is 9.39. The maximum atomic E-state index is 12.9. The van der Waals surface area contributed by atoms with Crippen LogP contribution < -0.4 is 10.6 Å². The van der Waals surface area contributed by atoms with Crippen LogP contribution in [0.15, 0.2) is 48.5 Å². The number of rotatable bonds is 4. The smallest absolute Gasteiger partial charge is 0.259 e. The van der Waals surface area contributed by atoms with E-state index in [0.29, 0.717) is 11.1 Å². The highest BCUT2D eigenvalue weighted by molar-refractivity contribution is 14.0. The number of fused-ring (bicyclic) bond motifs is 10. The Bertz CT molecular complexity index is 1530. The Balaban J connectivity index is 0.00000204. The van der Waals surface area contributed by atoms with Crippen LogP contribution >= 0.6 is 24.0 Å². The van der Waals surface area contributed by atoms with Crippen LogP contribution in [-0.4, -0.2) is 35.0 Å². The third-order valence-electron chi connectivity index (χ3n) is 6.15. The summed E-state index contributed by atoms with van der Waals surface area (Å²) in [6.45, 7) is 1.71. The second-order valence-electron chi connectivity index (χ2n) is 7.80. The Morgan fingerprint density at radius 3 is 2.35 bits per heavy atom. The van der Waals surface area contributed by atoms with Crippen LogP contribution in [-0.2, 0) is 6.54 Å². The topological polar surface area (TPSA) is 78.9 Å². The normalized spacial score (nSPS) is 13.3. The number of hydrogen-bond acceptors (Lipinski definition) is 3. The standard InChI is InChI=1S/C24H20N4O2.HI/c1-25-11-6-12-28-16-10-5-3-8-14(16)18-20-19(23(29)27-24(20)30)17-13-7-2-4-9-15(13)26-21(17)22(18)28;/h2-5,7-10,25-26H,6,11-12H2,1H3,(H,27,29,30);1H. The summed E-state index contributed by atoms with van der Waals surface area (Å²) in [4.78, 5) is 29.4. The molecule has 1 aliphatic heterocycles. The van der Waals surface area contributed by atoms with Crippen LogP contribution in [0.2, 0.25) is 0 Å². The van der Waals surface area contributed by atoms with Crippen LogP contribution in [0.5, 0.6) is 0 Å². The minimum Gasteiger partial charge on any atom is -0.353 e. The lowest BCUT2D eigenvalue weighted by molar-refractivity contribution is 0.0880. The highest BCUT2D eigenvalue weighted by Gasteiger charge is 2.35. The summed E-state index contributed by atoms with van der Waals surface area (Å²) in [5.41, 5.74) is 4.91. The van der Waals surface area contributed by atoms with Gasteiger partial charge in [-0.15, -0.1) is 24.0 Å². The number of halogens is 1. The van der Waals surface area contributed by atoms with E-state index in [1.54, 1.807) is 0 Å². The molecule has 0 unspecified atom stereocenters. The molecule has 31 heavy (non-hydrogen) atoms. The van der Waals surface area contributed by atoms with Crippen LogP contribution in [0.1, 0.15) is 27.1 Å². The molecule has 1 aliphatic rings. The van der Waals surface area contributed by atoms with Crippen molar-refractivity contribution >= 4 is 79.4 Å². The van der Waals surface area contributed by atoms with E-state index in [-0.39, 0.29) is 35.8 Å². The van der Waals surface area contributed by atoms with Crippen molar-refractivity contribution in [2.75, 3.05) is 13.6 Å². The highest BCUT2D eigenvalue weighted by atomic mass is 127.